The molecule has 0 radical (unpaired) electrons. The van der Waals surface area contributed by atoms with Crippen LogP contribution in [0, 0.1) is 12.9 Å². The molecule has 0 bridgehead atoms. The van der Waals surface area contributed by atoms with E-state index in [0.29, 0.717) is 22.1 Å². The summed E-state index contributed by atoms with van der Waals surface area (Å²) in [5, 5.41) is 3.09. The molecule has 0 unspecified atom stereocenters. The van der Waals surface area contributed by atoms with Crippen molar-refractivity contribution >= 4 is 27.5 Å². The van der Waals surface area contributed by atoms with Crippen LogP contribution >= 0.6 is 15.9 Å². The number of carbonyl (C=O) groups is 1. The minimum Gasteiger partial charge on any atom is -0.497 e. The number of halogens is 2. The van der Waals surface area contributed by atoms with Crippen molar-refractivity contribution in [1.29, 1.82) is 0 Å². The maximum absolute atomic E-state index is 14.6. The summed E-state index contributed by atoms with van der Waals surface area (Å²) in [4.78, 5) is 45.9. The first kappa shape index (κ1) is 28.0. The van der Waals surface area contributed by atoms with Crippen LogP contribution in [0.15, 0.2) is 68.7 Å². The molecule has 0 aliphatic carbocycles. The lowest BCUT2D eigenvalue weighted by Crippen LogP contribution is -2.38. The van der Waals surface area contributed by atoms with Gasteiger partial charge in [-0.25, -0.2) is 9.78 Å². The van der Waals surface area contributed by atoms with E-state index < -0.39 is 23.0 Å². The number of aryl methyl sites for hydroxylation is 1. The highest BCUT2D eigenvalue weighted by molar-refractivity contribution is 9.10. The number of hydrogen-bond acceptors (Lipinski definition) is 6. The molecule has 0 atom stereocenters. The van der Waals surface area contributed by atoms with E-state index in [1.807, 2.05) is 37.3 Å². The molecule has 10 heteroatoms. The van der Waals surface area contributed by atoms with E-state index in [4.69, 9.17) is 4.74 Å². The number of anilines is 1. The molecule has 39 heavy (non-hydrogen) atoms. The maximum atomic E-state index is 14.6. The van der Waals surface area contributed by atoms with Crippen molar-refractivity contribution in [2.45, 2.75) is 39.8 Å². The summed E-state index contributed by atoms with van der Waals surface area (Å²) in [6, 6.07) is 15.4. The zero-order valence-electron chi connectivity index (χ0n) is 22.0. The Hall–Kier alpha value is -4.05. The molecule has 0 fully saturated rings. The molecule has 0 saturated carbocycles. The lowest BCUT2D eigenvalue weighted by atomic mass is 9.96. The standard InChI is InChI=1S/C29H28BrFN4O4/c1-16(2)25-26(27(36)20-9-17(3)10-21(30)13-20)35(29(38)34-28(25)37)15-19-11-23(31)33-24(12-19)32-14-18-5-7-22(39-4)8-6-18/h5-13,16H,14-15H2,1-4H3,(H,32,33)(H,34,37,38). The van der Waals surface area contributed by atoms with E-state index in [9.17, 15) is 18.8 Å². The van der Waals surface area contributed by atoms with Gasteiger partial charge in [-0.1, -0.05) is 41.9 Å². The normalized spacial score (nSPS) is 11.1. The fourth-order valence-corrected chi connectivity index (χ4v) is 4.98. The number of benzene rings is 2. The number of nitrogens with zero attached hydrogens (tertiary/aromatic N) is 2. The Balaban J connectivity index is 1.74. The first-order valence-corrected chi connectivity index (χ1v) is 13.1. The Morgan fingerprint density at radius 1 is 1.10 bits per heavy atom. The van der Waals surface area contributed by atoms with E-state index >= 15 is 0 Å². The highest BCUT2D eigenvalue weighted by atomic mass is 79.9. The van der Waals surface area contributed by atoms with Crippen molar-refractivity contribution in [3.8, 4) is 5.75 Å². The largest absolute Gasteiger partial charge is 0.497 e. The number of ether oxygens (including phenoxy) is 1. The van der Waals surface area contributed by atoms with Crippen molar-refractivity contribution in [2.75, 3.05) is 12.4 Å². The van der Waals surface area contributed by atoms with Crippen molar-refractivity contribution < 1.29 is 13.9 Å². The van der Waals surface area contributed by atoms with Gasteiger partial charge in [-0.05, 0) is 72.0 Å². The lowest BCUT2D eigenvalue weighted by molar-refractivity contribution is 0.102. The molecule has 0 spiro atoms. The number of rotatable bonds is 9. The first-order valence-electron chi connectivity index (χ1n) is 12.3. The summed E-state index contributed by atoms with van der Waals surface area (Å²) < 4.78 is 21.6. The highest BCUT2D eigenvalue weighted by Crippen LogP contribution is 2.23. The van der Waals surface area contributed by atoms with Crippen molar-refractivity contribution in [3.05, 3.63) is 119 Å². The van der Waals surface area contributed by atoms with Crippen molar-refractivity contribution in [3.63, 3.8) is 0 Å². The second-order valence-corrected chi connectivity index (χ2v) is 10.4. The van der Waals surface area contributed by atoms with Crippen LogP contribution in [0.2, 0.25) is 0 Å². The van der Waals surface area contributed by atoms with E-state index in [-0.39, 0.29) is 29.5 Å². The molecule has 0 amide bonds. The van der Waals surface area contributed by atoms with Gasteiger partial charge in [0, 0.05) is 22.1 Å². The second-order valence-electron chi connectivity index (χ2n) is 9.49. The predicted molar refractivity (Wildman–Crippen MR) is 151 cm³/mol. The topological polar surface area (TPSA) is 106 Å². The summed E-state index contributed by atoms with van der Waals surface area (Å²) in [5.74, 6) is -0.595. The number of aromatic nitrogens is 3. The van der Waals surface area contributed by atoms with Crippen LogP contribution in [-0.2, 0) is 13.1 Å². The SMILES string of the molecule is COc1ccc(CNc2cc(Cn3c(C(=O)c4cc(C)cc(Br)c4)c(C(C)C)c(=O)[nH]c3=O)cc(F)n2)cc1. The number of carbonyl (C=O) groups excluding carboxylic acids is 1. The summed E-state index contributed by atoms with van der Waals surface area (Å²) in [5.41, 5.74) is 1.26. The fraction of sp³-hybridized carbons (Fsp3) is 0.241. The minimum atomic E-state index is -0.760. The molecule has 2 aromatic carbocycles. The average molecular weight is 595 g/mol. The second kappa shape index (κ2) is 11.8. The van der Waals surface area contributed by atoms with Crippen molar-refractivity contribution in [2.24, 2.45) is 0 Å². The molecule has 4 aromatic rings. The van der Waals surface area contributed by atoms with E-state index in [2.05, 4.69) is 31.2 Å². The Kier molecular flexibility index (Phi) is 8.44. The molecular weight excluding hydrogens is 567 g/mol. The summed E-state index contributed by atoms with van der Waals surface area (Å²) in [6.45, 7) is 5.61. The predicted octanol–water partition coefficient (Wildman–Crippen LogP) is 5.17. The van der Waals surface area contributed by atoms with Gasteiger partial charge in [-0.15, -0.1) is 0 Å². The number of hydrogen-bond donors (Lipinski definition) is 2. The molecule has 2 heterocycles. The molecule has 0 aliphatic rings. The number of H-pyrrole nitrogens is 1. The zero-order valence-corrected chi connectivity index (χ0v) is 23.6. The van der Waals surface area contributed by atoms with Crippen LogP contribution in [0.4, 0.5) is 10.2 Å². The van der Waals surface area contributed by atoms with Crippen molar-refractivity contribution in [1.82, 2.24) is 14.5 Å². The number of ketones is 1. The number of methoxy groups -OCH3 is 1. The summed E-state index contributed by atoms with van der Waals surface area (Å²) in [6.07, 6.45) is 0. The van der Waals surface area contributed by atoms with Gasteiger partial charge in [0.15, 0.2) is 0 Å². The Bertz CT molecular complexity index is 1620. The van der Waals surface area contributed by atoms with Gasteiger partial charge >= 0.3 is 5.69 Å². The molecule has 4 rings (SSSR count). The van der Waals surface area contributed by atoms with Gasteiger partial charge in [-0.3, -0.25) is 19.1 Å². The Morgan fingerprint density at radius 2 is 1.82 bits per heavy atom. The third-order valence-electron chi connectivity index (χ3n) is 6.16. The van der Waals surface area contributed by atoms with Crippen LogP contribution in [-0.4, -0.2) is 27.4 Å². The van der Waals surface area contributed by atoms with Gasteiger partial charge < -0.3 is 10.1 Å². The number of nitrogens with one attached hydrogen (secondary N) is 2. The third-order valence-corrected chi connectivity index (χ3v) is 6.62. The van der Waals surface area contributed by atoms with Gasteiger partial charge in [0.1, 0.15) is 17.3 Å². The van der Waals surface area contributed by atoms with Crippen LogP contribution < -0.4 is 21.3 Å². The summed E-state index contributed by atoms with van der Waals surface area (Å²) >= 11 is 3.41. The van der Waals surface area contributed by atoms with Gasteiger partial charge in [0.2, 0.25) is 11.7 Å². The van der Waals surface area contributed by atoms with Gasteiger partial charge in [-0.2, -0.15) is 4.39 Å². The molecular formula is C29H28BrFN4O4. The maximum Gasteiger partial charge on any atom is 0.329 e. The van der Waals surface area contributed by atoms with Gasteiger partial charge in [0.25, 0.3) is 5.56 Å². The molecule has 0 saturated heterocycles. The average Bonchev–Trinajstić information content (AvgIpc) is 2.87. The van der Waals surface area contributed by atoms with E-state index in [0.717, 1.165) is 16.9 Å². The Morgan fingerprint density at radius 3 is 2.46 bits per heavy atom. The zero-order chi connectivity index (χ0) is 28.3. The monoisotopic (exact) mass is 594 g/mol. The first-order chi connectivity index (χ1) is 18.5. The smallest absolute Gasteiger partial charge is 0.329 e. The van der Waals surface area contributed by atoms with Crippen LogP contribution in [0.3, 0.4) is 0 Å². The van der Waals surface area contributed by atoms with Crippen LogP contribution in [0.1, 0.15) is 58.1 Å². The third kappa shape index (κ3) is 6.51. The van der Waals surface area contributed by atoms with Crippen LogP contribution in [0.5, 0.6) is 5.75 Å². The molecule has 8 nitrogen and oxygen atoms in total. The quantitative estimate of drug-likeness (QED) is 0.205. The molecule has 0 aliphatic heterocycles. The highest BCUT2D eigenvalue weighted by Gasteiger charge is 2.25. The minimum absolute atomic E-state index is 0.0267. The molecule has 202 valence electrons. The molecule has 2 N–H and O–H groups in total. The fourth-order valence-electron chi connectivity index (χ4n) is 4.37. The number of pyridine rings is 1. The number of aromatic amines is 1. The van der Waals surface area contributed by atoms with E-state index in [1.54, 1.807) is 39.2 Å². The summed E-state index contributed by atoms with van der Waals surface area (Å²) in [7, 11) is 1.59. The van der Waals surface area contributed by atoms with E-state index in [1.165, 1.54) is 10.6 Å². The van der Waals surface area contributed by atoms with Crippen LogP contribution in [0.25, 0.3) is 0 Å². The lowest BCUT2D eigenvalue weighted by Gasteiger charge is -2.18. The molecule has 2 aromatic heterocycles. The Labute approximate surface area is 233 Å². The van der Waals surface area contributed by atoms with Gasteiger partial charge in [0.05, 0.1) is 13.7 Å².